The second-order valence-corrected chi connectivity index (χ2v) is 9.51. The van der Waals surface area contributed by atoms with E-state index in [1.807, 2.05) is 6.07 Å². The summed E-state index contributed by atoms with van der Waals surface area (Å²) in [5, 5.41) is 12.6. The molecule has 1 aliphatic rings. The van der Waals surface area contributed by atoms with Crippen molar-refractivity contribution in [3.05, 3.63) is 76.4 Å². The molecule has 0 bridgehead atoms. The topological polar surface area (TPSA) is 99.3 Å². The van der Waals surface area contributed by atoms with Crippen LogP contribution in [0.1, 0.15) is 39.3 Å². The molecule has 0 radical (unpaired) electrons. The third-order valence-corrected chi connectivity index (χ3v) is 6.51. The molecule has 1 aliphatic heterocycles. The van der Waals surface area contributed by atoms with Gasteiger partial charge in [-0.15, -0.1) is 0 Å². The summed E-state index contributed by atoms with van der Waals surface area (Å²) >= 11 is 0. The first kappa shape index (κ1) is 22.7. The lowest BCUT2D eigenvalue weighted by Crippen LogP contribution is -2.05. The lowest BCUT2D eigenvalue weighted by molar-refractivity contribution is -0.110. The molecule has 0 fully saturated rings. The van der Waals surface area contributed by atoms with Crippen molar-refractivity contribution in [1.82, 2.24) is 4.98 Å². The Balaban J connectivity index is 1.85. The lowest BCUT2D eigenvalue weighted by Gasteiger charge is -2.09. The molecular weight excluding hydrogens is 443 g/mol. The summed E-state index contributed by atoms with van der Waals surface area (Å²) < 4.78 is 25.4. The van der Waals surface area contributed by atoms with Crippen molar-refractivity contribution >= 4 is 40.0 Å². The maximum Gasteiger partial charge on any atom is 0.337 e. The smallest absolute Gasteiger partial charge is 0.337 e. The number of aryl methyl sites for hydroxylation is 1. The predicted octanol–water partition coefficient (Wildman–Crippen LogP) is 4.63. The highest BCUT2D eigenvalue weighted by atomic mass is 32.2. The van der Waals surface area contributed by atoms with E-state index >= 15 is 0 Å². The Kier molecular flexibility index (Phi) is 6.29. The van der Waals surface area contributed by atoms with E-state index in [4.69, 9.17) is 0 Å². The number of carbonyl (C=O) groups excluding carboxylic acids is 1. The van der Waals surface area contributed by atoms with Crippen LogP contribution in [0.5, 0.6) is 0 Å². The number of hydrogen-bond donors (Lipinski definition) is 3. The molecule has 3 aromatic rings. The molecule has 0 saturated heterocycles. The van der Waals surface area contributed by atoms with Crippen molar-refractivity contribution in [2.24, 2.45) is 0 Å². The molecule has 0 saturated carbocycles. The summed E-state index contributed by atoms with van der Waals surface area (Å²) in [6, 6.07) is 11.5. The number of hydrogen-bond acceptors (Lipinski definition) is 3. The summed E-state index contributed by atoms with van der Waals surface area (Å²) in [7, 11) is -0.990. The number of aromatic nitrogens is 1. The number of anilines is 1. The number of amides is 1. The molecule has 1 amide bonds. The molecule has 0 aliphatic carbocycles. The molecular formula is C25H23FN2O4S. The van der Waals surface area contributed by atoms with E-state index in [1.165, 1.54) is 12.1 Å². The molecule has 2 aromatic carbocycles. The molecule has 4 rings (SSSR count). The third-order valence-electron chi connectivity index (χ3n) is 5.65. The average Bonchev–Trinajstić information content (AvgIpc) is 3.24. The van der Waals surface area contributed by atoms with Crippen LogP contribution < -0.4 is 5.32 Å². The fourth-order valence-corrected chi connectivity index (χ4v) is 4.80. The first-order chi connectivity index (χ1) is 15.8. The molecule has 2 heterocycles. The minimum atomic E-state index is -1.06. The predicted molar refractivity (Wildman–Crippen MR) is 128 cm³/mol. The van der Waals surface area contributed by atoms with E-state index in [0.717, 1.165) is 0 Å². The highest BCUT2D eigenvalue weighted by Gasteiger charge is 2.29. The normalized spacial score (nSPS) is 14.9. The van der Waals surface area contributed by atoms with Gasteiger partial charge in [-0.3, -0.25) is 9.00 Å². The van der Waals surface area contributed by atoms with Crippen LogP contribution in [0.2, 0.25) is 0 Å². The number of aromatic carboxylic acids is 1. The standard InChI is InChI=1S/C25H23FN2O4S/c1-14-22(25(30)31)18(9-5-11-33(2)32)21(27-14)13-19-23-17(15-6-3-7-16(26)12-15)8-4-10-20(23)28-24(19)29/h3-4,6-8,10,12-13,27H,5,9,11H2,1-2H3,(H,28,29)(H,30,31). The highest BCUT2D eigenvalue weighted by molar-refractivity contribution is 7.84. The van der Waals surface area contributed by atoms with Crippen LogP contribution in [-0.2, 0) is 22.0 Å². The maximum atomic E-state index is 13.9. The minimum absolute atomic E-state index is 0.167. The first-order valence-corrected chi connectivity index (χ1v) is 12.2. The monoisotopic (exact) mass is 466 g/mol. The van der Waals surface area contributed by atoms with Gasteiger partial charge in [0.1, 0.15) is 5.82 Å². The Labute approximate surface area is 193 Å². The second kappa shape index (κ2) is 9.15. The number of fused-ring (bicyclic) bond motifs is 1. The van der Waals surface area contributed by atoms with Crippen molar-refractivity contribution in [2.75, 3.05) is 17.3 Å². The quantitative estimate of drug-likeness (QED) is 0.442. The number of benzene rings is 2. The summed E-state index contributed by atoms with van der Waals surface area (Å²) in [4.78, 5) is 27.9. The van der Waals surface area contributed by atoms with Gasteiger partial charge in [0.2, 0.25) is 0 Å². The van der Waals surface area contributed by atoms with Crippen molar-refractivity contribution in [1.29, 1.82) is 0 Å². The van der Waals surface area contributed by atoms with Gasteiger partial charge in [-0.2, -0.15) is 0 Å². The largest absolute Gasteiger partial charge is 0.478 e. The molecule has 6 nitrogen and oxygen atoms in total. The Morgan fingerprint density at radius 3 is 2.67 bits per heavy atom. The van der Waals surface area contributed by atoms with Crippen LogP contribution in [0.3, 0.4) is 0 Å². The molecule has 170 valence electrons. The van der Waals surface area contributed by atoms with Gasteiger partial charge in [0.25, 0.3) is 5.91 Å². The van der Waals surface area contributed by atoms with Gasteiger partial charge in [-0.25, -0.2) is 9.18 Å². The van der Waals surface area contributed by atoms with Crippen LogP contribution in [0.25, 0.3) is 22.8 Å². The Morgan fingerprint density at radius 1 is 1.21 bits per heavy atom. The van der Waals surface area contributed by atoms with Crippen molar-refractivity contribution in [2.45, 2.75) is 19.8 Å². The number of carboxylic acid groups (broad SMARTS) is 1. The van der Waals surface area contributed by atoms with Crippen molar-refractivity contribution in [3.63, 3.8) is 0 Å². The van der Waals surface area contributed by atoms with E-state index in [1.54, 1.807) is 43.5 Å². The van der Waals surface area contributed by atoms with Crippen LogP contribution in [-0.4, -0.2) is 38.2 Å². The Bertz CT molecular complexity index is 1330. The number of halogens is 1. The zero-order valence-electron chi connectivity index (χ0n) is 18.2. The fourth-order valence-electron chi connectivity index (χ4n) is 4.25. The van der Waals surface area contributed by atoms with Gasteiger partial charge in [0.05, 0.1) is 11.1 Å². The van der Waals surface area contributed by atoms with Gasteiger partial charge in [0, 0.05) is 45.4 Å². The van der Waals surface area contributed by atoms with E-state index in [0.29, 0.717) is 63.5 Å². The lowest BCUT2D eigenvalue weighted by atomic mass is 9.93. The zero-order chi connectivity index (χ0) is 23.7. The SMILES string of the molecule is Cc1[nH]c(C=C2C(=O)Nc3cccc(-c4cccc(F)c4)c32)c(CCCS(C)=O)c1C(=O)O. The highest BCUT2D eigenvalue weighted by Crippen LogP contribution is 2.41. The molecule has 1 atom stereocenters. The molecule has 1 aromatic heterocycles. The first-order valence-electron chi connectivity index (χ1n) is 10.4. The van der Waals surface area contributed by atoms with Gasteiger partial charge < -0.3 is 15.4 Å². The number of aromatic amines is 1. The number of nitrogens with one attached hydrogen (secondary N) is 2. The Hall–Kier alpha value is -3.52. The molecule has 3 N–H and O–H groups in total. The van der Waals surface area contributed by atoms with E-state index < -0.39 is 16.8 Å². The van der Waals surface area contributed by atoms with Crippen LogP contribution >= 0.6 is 0 Å². The summed E-state index contributed by atoms with van der Waals surface area (Å²) in [5.74, 6) is -1.31. The van der Waals surface area contributed by atoms with Gasteiger partial charge in [-0.1, -0.05) is 24.3 Å². The summed E-state index contributed by atoms with van der Waals surface area (Å²) in [6.45, 7) is 1.67. The van der Waals surface area contributed by atoms with Gasteiger partial charge in [0.15, 0.2) is 0 Å². The van der Waals surface area contributed by atoms with Crippen LogP contribution in [0, 0.1) is 12.7 Å². The maximum absolute atomic E-state index is 13.9. The van der Waals surface area contributed by atoms with Crippen molar-refractivity contribution in [3.8, 4) is 11.1 Å². The van der Waals surface area contributed by atoms with Gasteiger partial charge in [-0.05, 0) is 60.7 Å². The second-order valence-electron chi connectivity index (χ2n) is 7.95. The average molecular weight is 467 g/mol. The number of carbonyl (C=O) groups is 2. The summed E-state index contributed by atoms with van der Waals surface area (Å²) in [6.07, 6.45) is 4.22. The number of carboxylic acids is 1. The van der Waals surface area contributed by atoms with Crippen molar-refractivity contribution < 1.29 is 23.3 Å². The Morgan fingerprint density at radius 2 is 1.97 bits per heavy atom. The van der Waals surface area contributed by atoms with E-state index in [-0.39, 0.29) is 17.3 Å². The third kappa shape index (κ3) is 4.52. The number of H-pyrrole nitrogens is 1. The fraction of sp³-hybridized carbons (Fsp3) is 0.200. The van der Waals surface area contributed by atoms with Crippen LogP contribution in [0.4, 0.5) is 10.1 Å². The molecule has 0 spiro atoms. The zero-order valence-corrected chi connectivity index (χ0v) is 19.0. The summed E-state index contributed by atoms with van der Waals surface area (Å²) in [5.41, 5.74) is 4.69. The number of rotatable bonds is 7. The molecule has 33 heavy (non-hydrogen) atoms. The van der Waals surface area contributed by atoms with Gasteiger partial charge >= 0.3 is 5.97 Å². The van der Waals surface area contributed by atoms with E-state index in [2.05, 4.69) is 10.3 Å². The van der Waals surface area contributed by atoms with Crippen LogP contribution in [0.15, 0.2) is 42.5 Å². The minimum Gasteiger partial charge on any atom is -0.478 e. The molecule has 1 unspecified atom stereocenters. The molecule has 8 heteroatoms. The van der Waals surface area contributed by atoms with E-state index in [9.17, 15) is 23.3 Å².